The Labute approximate surface area is 133 Å². The highest BCUT2D eigenvalue weighted by molar-refractivity contribution is 7.99. The molecule has 1 amide bonds. The highest BCUT2D eigenvalue weighted by Gasteiger charge is 2.14. The van der Waals surface area contributed by atoms with Crippen LogP contribution in [0.1, 0.15) is 19.8 Å². The van der Waals surface area contributed by atoms with Gasteiger partial charge in [0.2, 0.25) is 5.91 Å². The van der Waals surface area contributed by atoms with Crippen molar-refractivity contribution >= 4 is 17.7 Å². The predicted octanol–water partition coefficient (Wildman–Crippen LogP) is 2.20. The number of rotatable bonds is 7. The molecule has 0 spiro atoms. The fraction of sp³-hybridized carbons (Fsp3) is 0.400. The summed E-state index contributed by atoms with van der Waals surface area (Å²) in [4.78, 5) is 11.7. The van der Waals surface area contributed by atoms with Gasteiger partial charge in [0.05, 0.1) is 11.3 Å². The average molecular weight is 320 g/mol. The third-order valence-electron chi connectivity index (χ3n) is 3.16. The Morgan fingerprint density at radius 3 is 2.86 bits per heavy atom. The van der Waals surface area contributed by atoms with Gasteiger partial charge in [0.1, 0.15) is 5.75 Å². The number of carbonyl (C=O) groups is 1. The Morgan fingerprint density at radius 2 is 2.14 bits per heavy atom. The molecule has 0 saturated heterocycles. The van der Waals surface area contributed by atoms with Crippen molar-refractivity contribution in [2.75, 3.05) is 12.3 Å². The topological polar surface area (TPSA) is 80.0 Å². The summed E-state index contributed by atoms with van der Waals surface area (Å²) >= 11 is 1.33. The van der Waals surface area contributed by atoms with Crippen molar-refractivity contribution in [1.82, 2.24) is 20.1 Å². The predicted molar refractivity (Wildman–Crippen MR) is 86.7 cm³/mol. The Kier molecular flexibility index (Phi) is 5.83. The van der Waals surface area contributed by atoms with Crippen LogP contribution in [0.15, 0.2) is 29.4 Å². The molecular formula is C15H20N4O2S. The standard InChI is InChI=1S/C15H20N4O2S/c1-3-4-9-16-13(21)10-22-15-18-17-14(19(15)2)11-7-5-6-8-12(11)20/h5-8,20H,3-4,9-10H2,1-2H3,(H,16,21). The van der Waals surface area contributed by atoms with E-state index in [1.165, 1.54) is 11.8 Å². The van der Waals surface area contributed by atoms with Gasteiger partial charge in [0, 0.05) is 13.6 Å². The third kappa shape index (κ3) is 4.00. The van der Waals surface area contributed by atoms with Crippen molar-refractivity contribution < 1.29 is 9.90 Å². The Morgan fingerprint density at radius 1 is 1.36 bits per heavy atom. The van der Waals surface area contributed by atoms with Gasteiger partial charge < -0.3 is 15.0 Å². The largest absolute Gasteiger partial charge is 0.507 e. The van der Waals surface area contributed by atoms with Crippen LogP contribution in [0.2, 0.25) is 0 Å². The quantitative estimate of drug-likeness (QED) is 0.604. The molecule has 0 bridgehead atoms. The van der Waals surface area contributed by atoms with Crippen LogP contribution >= 0.6 is 11.8 Å². The molecule has 2 aromatic rings. The molecule has 0 aliphatic carbocycles. The number of thioether (sulfide) groups is 1. The lowest BCUT2D eigenvalue weighted by atomic mass is 10.2. The van der Waals surface area contributed by atoms with Gasteiger partial charge >= 0.3 is 0 Å². The van der Waals surface area contributed by atoms with Crippen LogP contribution in [-0.2, 0) is 11.8 Å². The first-order valence-electron chi connectivity index (χ1n) is 7.20. The summed E-state index contributed by atoms with van der Waals surface area (Å²) in [6.07, 6.45) is 2.04. The molecule has 2 N–H and O–H groups in total. The van der Waals surface area contributed by atoms with E-state index in [2.05, 4.69) is 22.4 Å². The monoisotopic (exact) mass is 320 g/mol. The van der Waals surface area contributed by atoms with Crippen LogP contribution in [0.25, 0.3) is 11.4 Å². The molecule has 0 unspecified atom stereocenters. The first-order chi connectivity index (χ1) is 10.6. The summed E-state index contributed by atoms with van der Waals surface area (Å²) in [6.45, 7) is 2.79. The van der Waals surface area contributed by atoms with Crippen LogP contribution in [0.5, 0.6) is 5.75 Å². The van der Waals surface area contributed by atoms with Crippen LogP contribution in [0, 0.1) is 0 Å². The van der Waals surface area contributed by atoms with Crippen LogP contribution < -0.4 is 5.32 Å². The first kappa shape index (κ1) is 16.4. The van der Waals surface area contributed by atoms with Crippen molar-refractivity contribution in [1.29, 1.82) is 0 Å². The lowest BCUT2D eigenvalue weighted by molar-refractivity contribution is -0.118. The number of para-hydroxylation sites is 1. The molecule has 2 rings (SSSR count). The first-order valence-corrected chi connectivity index (χ1v) is 8.19. The number of phenolic OH excluding ortho intramolecular Hbond substituents is 1. The SMILES string of the molecule is CCCCNC(=O)CSc1nnc(-c2ccccc2O)n1C. The number of aromatic nitrogens is 3. The maximum absolute atomic E-state index is 11.7. The molecule has 0 saturated carbocycles. The molecule has 0 fully saturated rings. The van der Waals surface area contributed by atoms with Crippen molar-refractivity contribution in [3.8, 4) is 17.1 Å². The lowest BCUT2D eigenvalue weighted by Gasteiger charge is -2.06. The molecule has 1 aromatic carbocycles. The normalized spacial score (nSPS) is 10.6. The molecule has 118 valence electrons. The molecule has 6 nitrogen and oxygen atoms in total. The van der Waals surface area contributed by atoms with Crippen molar-refractivity contribution in [3.05, 3.63) is 24.3 Å². The highest BCUT2D eigenvalue weighted by atomic mass is 32.2. The van der Waals surface area contributed by atoms with Gasteiger partial charge in [-0.15, -0.1) is 10.2 Å². The second-order valence-electron chi connectivity index (χ2n) is 4.87. The Hall–Kier alpha value is -2.02. The summed E-state index contributed by atoms with van der Waals surface area (Å²) in [5.74, 6) is 1.03. The fourth-order valence-corrected chi connectivity index (χ4v) is 2.66. The van der Waals surface area contributed by atoms with E-state index in [1.807, 2.05) is 13.1 Å². The van der Waals surface area contributed by atoms with Gasteiger partial charge in [-0.05, 0) is 18.6 Å². The zero-order valence-corrected chi connectivity index (χ0v) is 13.6. The maximum Gasteiger partial charge on any atom is 0.230 e. The van der Waals surface area contributed by atoms with Gasteiger partial charge in [0.15, 0.2) is 11.0 Å². The maximum atomic E-state index is 11.7. The molecule has 0 atom stereocenters. The minimum Gasteiger partial charge on any atom is -0.507 e. The lowest BCUT2D eigenvalue weighted by Crippen LogP contribution is -2.26. The number of amides is 1. The van der Waals surface area contributed by atoms with Crippen molar-refractivity contribution in [3.63, 3.8) is 0 Å². The number of nitrogens with one attached hydrogen (secondary N) is 1. The number of unbranched alkanes of at least 4 members (excludes halogenated alkanes) is 1. The zero-order chi connectivity index (χ0) is 15.9. The molecule has 0 aliphatic heterocycles. The van der Waals surface area contributed by atoms with E-state index >= 15 is 0 Å². The van der Waals surface area contributed by atoms with Gasteiger partial charge in [-0.3, -0.25) is 4.79 Å². The second-order valence-corrected chi connectivity index (χ2v) is 5.82. The van der Waals surface area contributed by atoms with E-state index in [0.29, 0.717) is 28.8 Å². The fourth-order valence-electron chi connectivity index (χ4n) is 1.92. The number of nitrogens with zero attached hydrogens (tertiary/aromatic N) is 3. The molecule has 7 heteroatoms. The summed E-state index contributed by atoms with van der Waals surface area (Å²) in [5, 5.41) is 21.6. The number of hydrogen-bond donors (Lipinski definition) is 2. The average Bonchev–Trinajstić information content (AvgIpc) is 2.87. The van der Waals surface area contributed by atoms with Gasteiger partial charge in [-0.25, -0.2) is 0 Å². The molecule has 1 aromatic heterocycles. The van der Waals surface area contributed by atoms with E-state index in [4.69, 9.17) is 0 Å². The van der Waals surface area contributed by atoms with Crippen molar-refractivity contribution in [2.24, 2.45) is 7.05 Å². The van der Waals surface area contributed by atoms with Crippen LogP contribution in [0.4, 0.5) is 0 Å². The van der Waals surface area contributed by atoms with E-state index in [0.717, 1.165) is 12.8 Å². The zero-order valence-electron chi connectivity index (χ0n) is 12.7. The van der Waals surface area contributed by atoms with E-state index < -0.39 is 0 Å². The molecule has 0 aliphatic rings. The number of aromatic hydroxyl groups is 1. The van der Waals surface area contributed by atoms with E-state index in [1.54, 1.807) is 22.8 Å². The number of benzene rings is 1. The van der Waals surface area contributed by atoms with Crippen molar-refractivity contribution in [2.45, 2.75) is 24.9 Å². The highest BCUT2D eigenvalue weighted by Crippen LogP contribution is 2.28. The molecule has 0 radical (unpaired) electrons. The number of hydrogen-bond acceptors (Lipinski definition) is 5. The summed E-state index contributed by atoms with van der Waals surface area (Å²) < 4.78 is 1.78. The Balaban J connectivity index is 2.00. The van der Waals surface area contributed by atoms with E-state index in [9.17, 15) is 9.90 Å². The molecule has 22 heavy (non-hydrogen) atoms. The van der Waals surface area contributed by atoms with Crippen LogP contribution in [-0.4, -0.2) is 38.1 Å². The Bertz CT molecular complexity index is 642. The summed E-state index contributed by atoms with van der Waals surface area (Å²) in [6, 6.07) is 6.98. The minimum absolute atomic E-state index is 0.00874. The van der Waals surface area contributed by atoms with E-state index in [-0.39, 0.29) is 11.7 Å². The number of carbonyl (C=O) groups excluding carboxylic acids is 1. The third-order valence-corrected chi connectivity index (χ3v) is 4.18. The summed E-state index contributed by atoms with van der Waals surface area (Å²) in [7, 11) is 1.82. The minimum atomic E-state index is -0.00874. The molecule has 1 heterocycles. The number of phenols is 1. The van der Waals surface area contributed by atoms with Gasteiger partial charge in [0.25, 0.3) is 0 Å². The van der Waals surface area contributed by atoms with Gasteiger partial charge in [-0.2, -0.15) is 0 Å². The van der Waals surface area contributed by atoms with Crippen LogP contribution in [0.3, 0.4) is 0 Å². The smallest absolute Gasteiger partial charge is 0.230 e. The summed E-state index contributed by atoms with van der Waals surface area (Å²) in [5.41, 5.74) is 0.622. The molecular weight excluding hydrogens is 300 g/mol. The van der Waals surface area contributed by atoms with Gasteiger partial charge in [-0.1, -0.05) is 37.2 Å². The second kappa shape index (κ2) is 7.84.